The average Bonchev–Trinajstić information content (AvgIpc) is 2.67. The second-order valence-electron chi connectivity index (χ2n) is 6.56. The van der Waals surface area contributed by atoms with E-state index < -0.39 is 0 Å². The number of urea groups is 1. The Morgan fingerprint density at radius 1 is 1.27 bits per heavy atom. The number of aromatic nitrogens is 3. The first kappa shape index (κ1) is 18.2. The van der Waals surface area contributed by atoms with Crippen molar-refractivity contribution in [3.8, 4) is 0 Å². The standard InChI is InChI=1S/C18H26N6O2/c1-4-13(3)20-18(26)23-11-9-22(10-12-23)16-17(25)24(5-2)15-14(21-16)7-6-8-19-15/h6-8,13H,4-5,9-12H2,1-3H3,(H,20,26)/t13-/m1/s1. The summed E-state index contributed by atoms with van der Waals surface area (Å²) in [7, 11) is 0. The lowest BCUT2D eigenvalue weighted by Crippen LogP contribution is -2.54. The summed E-state index contributed by atoms with van der Waals surface area (Å²) in [5, 5.41) is 2.99. The van der Waals surface area contributed by atoms with Crippen molar-refractivity contribution in [3.63, 3.8) is 0 Å². The number of rotatable bonds is 4. The number of pyridine rings is 1. The molecule has 1 fully saturated rings. The molecule has 1 atom stereocenters. The van der Waals surface area contributed by atoms with E-state index in [1.807, 2.05) is 37.8 Å². The van der Waals surface area contributed by atoms with Gasteiger partial charge in [-0.1, -0.05) is 6.92 Å². The Morgan fingerprint density at radius 2 is 2.00 bits per heavy atom. The highest BCUT2D eigenvalue weighted by Gasteiger charge is 2.25. The molecule has 26 heavy (non-hydrogen) atoms. The minimum absolute atomic E-state index is 0.0411. The maximum atomic E-state index is 12.8. The molecular weight excluding hydrogens is 332 g/mol. The normalized spacial score (nSPS) is 16.0. The molecule has 0 spiro atoms. The average molecular weight is 358 g/mol. The Labute approximate surface area is 152 Å². The number of piperazine rings is 1. The largest absolute Gasteiger partial charge is 0.348 e. The molecule has 1 N–H and O–H groups in total. The van der Waals surface area contributed by atoms with E-state index in [1.165, 1.54) is 0 Å². The molecule has 1 aliphatic rings. The number of hydrogen-bond acceptors (Lipinski definition) is 5. The molecule has 0 bridgehead atoms. The predicted octanol–water partition coefficient (Wildman–Crippen LogP) is 1.44. The summed E-state index contributed by atoms with van der Waals surface area (Å²) in [4.78, 5) is 37.7. The molecule has 2 aromatic rings. The van der Waals surface area contributed by atoms with Gasteiger partial charge in [0.25, 0.3) is 5.56 Å². The molecule has 3 heterocycles. The Morgan fingerprint density at radius 3 is 2.65 bits per heavy atom. The van der Waals surface area contributed by atoms with Crippen molar-refractivity contribution in [2.45, 2.75) is 39.8 Å². The van der Waals surface area contributed by atoms with Crippen molar-refractivity contribution in [1.82, 2.24) is 24.8 Å². The zero-order valence-corrected chi connectivity index (χ0v) is 15.6. The maximum Gasteiger partial charge on any atom is 0.317 e. The number of carbonyl (C=O) groups is 1. The molecule has 0 aliphatic carbocycles. The molecule has 0 aromatic carbocycles. The summed E-state index contributed by atoms with van der Waals surface area (Å²) in [6, 6.07) is 3.81. The van der Waals surface area contributed by atoms with Gasteiger partial charge in [-0.25, -0.2) is 14.8 Å². The Kier molecular flexibility index (Phi) is 5.39. The van der Waals surface area contributed by atoms with Gasteiger partial charge >= 0.3 is 6.03 Å². The number of carbonyl (C=O) groups excluding carboxylic acids is 1. The van der Waals surface area contributed by atoms with Crippen LogP contribution in [0.1, 0.15) is 27.2 Å². The molecular formula is C18H26N6O2. The van der Waals surface area contributed by atoms with Crippen LogP contribution in [0.5, 0.6) is 0 Å². The summed E-state index contributed by atoms with van der Waals surface area (Å²) in [5.41, 5.74) is 1.19. The Hall–Kier alpha value is -2.64. The smallest absolute Gasteiger partial charge is 0.317 e. The van der Waals surface area contributed by atoms with Gasteiger partial charge in [-0.05, 0) is 32.4 Å². The molecule has 8 heteroatoms. The van der Waals surface area contributed by atoms with Crippen molar-refractivity contribution < 1.29 is 4.79 Å². The lowest BCUT2D eigenvalue weighted by Gasteiger charge is -2.35. The highest BCUT2D eigenvalue weighted by atomic mass is 16.2. The van der Waals surface area contributed by atoms with Crippen molar-refractivity contribution in [2.24, 2.45) is 0 Å². The SMILES string of the molecule is CC[C@@H](C)NC(=O)N1CCN(c2nc3cccnc3n(CC)c2=O)CC1. The Balaban J connectivity index is 1.79. The molecule has 2 amide bonds. The minimum atomic E-state index is -0.129. The molecule has 1 aliphatic heterocycles. The first-order chi connectivity index (χ1) is 12.5. The Bertz CT molecular complexity index is 841. The third-order valence-corrected chi connectivity index (χ3v) is 4.85. The first-order valence-electron chi connectivity index (χ1n) is 9.21. The van der Waals surface area contributed by atoms with E-state index in [2.05, 4.69) is 15.3 Å². The molecule has 8 nitrogen and oxygen atoms in total. The topological polar surface area (TPSA) is 83.4 Å². The van der Waals surface area contributed by atoms with Crippen LogP contribution in [0.3, 0.4) is 0 Å². The molecule has 3 rings (SSSR count). The van der Waals surface area contributed by atoms with Crippen molar-refractivity contribution in [3.05, 3.63) is 28.7 Å². The van der Waals surface area contributed by atoms with Crippen LogP contribution in [-0.4, -0.2) is 57.7 Å². The van der Waals surface area contributed by atoms with Gasteiger partial charge < -0.3 is 15.1 Å². The van der Waals surface area contributed by atoms with E-state index in [0.717, 1.165) is 6.42 Å². The lowest BCUT2D eigenvalue weighted by atomic mass is 10.2. The van der Waals surface area contributed by atoms with Crippen molar-refractivity contribution in [2.75, 3.05) is 31.1 Å². The van der Waals surface area contributed by atoms with Gasteiger partial charge in [0, 0.05) is 45.0 Å². The van der Waals surface area contributed by atoms with Gasteiger partial charge in [0.2, 0.25) is 0 Å². The number of nitrogens with zero attached hydrogens (tertiary/aromatic N) is 5. The zero-order chi connectivity index (χ0) is 18.7. The summed E-state index contributed by atoms with van der Waals surface area (Å²) >= 11 is 0. The van der Waals surface area contributed by atoms with E-state index in [1.54, 1.807) is 15.7 Å². The fourth-order valence-electron chi connectivity index (χ4n) is 3.09. The highest BCUT2D eigenvalue weighted by molar-refractivity contribution is 5.75. The minimum Gasteiger partial charge on any atom is -0.348 e. The second-order valence-corrected chi connectivity index (χ2v) is 6.56. The monoisotopic (exact) mass is 358 g/mol. The number of anilines is 1. The van der Waals surface area contributed by atoms with Crippen LogP contribution in [0.2, 0.25) is 0 Å². The number of aryl methyl sites for hydroxylation is 1. The van der Waals surface area contributed by atoms with Gasteiger partial charge in [0.05, 0.1) is 0 Å². The third-order valence-electron chi connectivity index (χ3n) is 4.85. The van der Waals surface area contributed by atoms with E-state index in [9.17, 15) is 9.59 Å². The fourth-order valence-corrected chi connectivity index (χ4v) is 3.09. The van der Waals surface area contributed by atoms with Gasteiger partial charge in [0.1, 0.15) is 5.52 Å². The summed E-state index contributed by atoms with van der Waals surface area (Å²) in [6.07, 6.45) is 2.57. The predicted molar refractivity (Wildman–Crippen MR) is 102 cm³/mol. The highest BCUT2D eigenvalue weighted by Crippen LogP contribution is 2.14. The van der Waals surface area contributed by atoms with Crippen LogP contribution in [-0.2, 0) is 6.54 Å². The molecule has 0 unspecified atom stereocenters. The lowest BCUT2D eigenvalue weighted by molar-refractivity contribution is 0.190. The van der Waals surface area contributed by atoms with Crippen LogP contribution >= 0.6 is 0 Å². The van der Waals surface area contributed by atoms with Gasteiger partial charge in [0.15, 0.2) is 11.5 Å². The first-order valence-corrected chi connectivity index (χ1v) is 9.21. The van der Waals surface area contributed by atoms with E-state index in [4.69, 9.17) is 0 Å². The van der Waals surface area contributed by atoms with E-state index in [-0.39, 0.29) is 17.6 Å². The molecule has 0 saturated carbocycles. The van der Waals surface area contributed by atoms with Crippen LogP contribution in [0.25, 0.3) is 11.2 Å². The quantitative estimate of drug-likeness (QED) is 0.894. The second kappa shape index (κ2) is 7.72. The van der Waals surface area contributed by atoms with Crippen LogP contribution in [0.4, 0.5) is 10.6 Å². The van der Waals surface area contributed by atoms with Crippen LogP contribution < -0.4 is 15.8 Å². The van der Waals surface area contributed by atoms with Gasteiger partial charge in [-0.2, -0.15) is 0 Å². The molecule has 2 aromatic heterocycles. The fraction of sp³-hybridized carbons (Fsp3) is 0.556. The van der Waals surface area contributed by atoms with Gasteiger partial charge in [-0.3, -0.25) is 9.36 Å². The number of hydrogen-bond donors (Lipinski definition) is 1. The number of fused-ring (bicyclic) bond motifs is 1. The summed E-state index contributed by atoms with van der Waals surface area (Å²) < 4.78 is 1.65. The molecule has 140 valence electrons. The van der Waals surface area contributed by atoms with E-state index in [0.29, 0.717) is 49.7 Å². The van der Waals surface area contributed by atoms with Crippen LogP contribution in [0.15, 0.2) is 23.1 Å². The maximum absolute atomic E-state index is 12.8. The van der Waals surface area contributed by atoms with Gasteiger partial charge in [-0.15, -0.1) is 0 Å². The molecule has 0 radical (unpaired) electrons. The van der Waals surface area contributed by atoms with E-state index >= 15 is 0 Å². The van der Waals surface area contributed by atoms with Crippen molar-refractivity contribution >= 4 is 23.0 Å². The van der Waals surface area contributed by atoms with Crippen LogP contribution in [0, 0.1) is 0 Å². The third kappa shape index (κ3) is 3.49. The summed E-state index contributed by atoms with van der Waals surface area (Å²) in [6.45, 7) is 8.82. The van der Waals surface area contributed by atoms with Crippen molar-refractivity contribution in [1.29, 1.82) is 0 Å². The zero-order valence-electron chi connectivity index (χ0n) is 15.6. The number of nitrogens with one attached hydrogen (secondary N) is 1. The molecule has 1 saturated heterocycles. The summed E-state index contributed by atoms with van der Waals surface area (Å²) in [5.74, 6) is 0.439. The number of amides is 2.